The summed E-state index contributed by atoms with van der Waals surface area (Å²) < 4.78 is 11.8. The molecule has 2 aromatic carbocycles. The second-order valence-corrected chi connectivity index (χ2v) is 4.99. The van der Waals surface area contributed by atoms with E-state index in [2.05, 4.69) is 15.9 Å². The zero-order valence-corrected chi connectivity index (χ0v) is 12.4. The number of carboxylic acid groups (broad SMARTS) is 1. The topological polar surface area (TPSA) is 55.8 Å². The van der Waals surface area contributed by atoms with Gasteiger partial charge in [0.2, 0.25) is 0 Å². The van der Waals surface area contributed by atoms with Crippen molar-refractivity contribution >= 4 is 21.9 Å². The summed E-state index contributed by atoms with van der Waals surface area (Å²) in [4.78, 5) is 10.9. The van der Waals surface area contributed by atoms with Crippen molar-refractivity contribution in [3.8, 4) is 11.5 Å². The number of aromatic carboxylic acids is 1. The van der Waals surface area contributed by atoms with Crippen molar-refractivity contribution in [1.82, 2.24) is 0 Å². The Kier molecular flexibility index (Phi) is 4.63. The van der Waals surface area contributed by atoms with Gasteiger partial charge >= 0.3 is 5.97 Å². The Balaban J connectivity index is 2.14. The zero-order chi connectivity index (χ0) is 14.5. The number of carbonyl (C=O) groups is 1. The first kappa shape index (κ1) is 14.4. The van der Waals surface area contributed by atoms with Crippen LogP contribution in [0.3, 0.4) is 0 Å². The SMILES string of the molecule is COc1ccc(Br)cc1COc1cccc(C(=O)O)c1. The highest BCUT2D eigenvalue weighted by Gasteiger charge is 2.07. The largest absolute Gasteiger partial charge is 0.496 e. The molecule has 0 bridgehead atoms. The van der Waals surface area contributed by atoms with Crippen molar-refractivity contribution in [3.05, 3.63) is 58.1 Å². The lowest BCUT2D eigenvalue weighted by molar-refractivity contribution is 0.0696. The van der Waals surface area contributed by atoms with Crippen molar-refractivity contribution in [1.29, 1.82) is 0 Å². The average Bonchev–Trinajstić information content (AvgIpc) is 2.45. The number of carboxylic acids is 1. The predicted octanol–water partition coefficient (Wildman–Crippen LogP) is 3.73. The Morgan fingerprint density at radius 3 is 2.75 bits per heavy atom. The summed E-state index contributed by atoms with van der Waals surface area (Å²) in [5.41, 5.74) is 1.08. The van der Waals surface area contributed by atoms with Gasteiger partial charge in [0, 0.05) is 10.0 Å². The highest BCUT2D eigenvalue weighted by atomic mass is 79.9. The minimum Gasteiger partial charge on any atom is -0.496 e. The van der Waals surface area contributed by atoms with E-state index in [9.17, 15) is 4.79 Å². The first-order valence-electron chi connectivity index (χ1n) is 5.88. The first-order valence-corrected chi connectivity index (χ1v) is 6.68. The van der Waals surface area contributed by atoms with Gasteiger partial charge in [-0.2, -0.15) is 0 Å². The molecule has 2 rings (SSSR count). The maximum absolute atomic E-state index is 10.9. The number of hydrogen-bond acceptors (Lipinski definition) is 3. The number of hydrogen-bond donors (Lipinski definition) is 1. The first-order chi connectivity index (χ1) is 9.60. The molecule has 0 heterocycles. The predicted molar refractivity (Wildman–Crippen MR) is 78.4 cm³/mol. The van der Waals surface area contributed by atoms with Gasteiger partial charge in [-0.25, -0.2) is 4.79 Å². The summed E-state index contributed by atoms with van der Waals surface area (Å²) in [7, 11) is 1.60. The van der Waals surface area contributed by atoms with E-state index in [-0.39, 0.29) is 5.56 Å². The van der Waals surface area contributed by atoms with E-state index in [1.165, 1.54) is 12.1 Å². The summed E-state index contributed by atoms with van der Waals surface area (Å²) in [6, 6.07) is 12.0. The van der Waals surface area contributed by atoms with E-state index in [0.29, 0.717) is 12.4 Å². The number of methoxy groups -OCH3 is 1. The van der Waals surface area contributed by atoms with E-state index in [1.807, 2.05) is 18.2 Å². The van der Waals surface area contributed by atoms with Crippen LogP contribution in [0.1, 0.15) is 15.9 Å². The van der Waals surface area contributed by atoms with Gasteiger partial charge in [-0.05, 0) is 36.4 Å². The van der Waals surface area contributed by atoms with Crippen LogP contribution in [0.15, 0.2) is 46.9 Å². The van der Waals surface area contributed by atoms with Crippen molar-refractivity contribution in [2.24, 2.45) is 0 Å². The fourth-order valence-electron chi connectivity index (χ4n) is 1.74. The molecule has 2 aromatic rings. The fraction of sp³-hybridized carbons (Fsp3) is 0.133. The highest BCUT2D eigenvalue weighted by Crippen LogP contribution is 2.24. The van der Waals surface area contributed by atoms with E-state index in [1.54, 1.807) is 19.2 Å². The molecule has 0 fully saturated rings. The molecule has 5 heteroatoms. The normalized spacial score (nSPS) is 10.1. The molecule has 0 spiro atoms. The Labute approximate surface area is 125 Å². The average molecular weight is 337 g/mol. The van der Waals surface area contributed by atoms with Crippen LogP contribution >= 0.6 is 15.9 Å². The van der Waals surface area contributed by atoms with E-state index < -0.39 is 5.97 Å². The maximum atomic E-state index is 10.9. The molecule has 0 aliphatic carbocycles. The molecule has 0 saturated carbocycles. The minimum atomic E-state index is -0.976. The molecule has 0 aliphatic heterocycles. The summed E-state index contributed by atoms with van der Waals surface area (Å²) in [6.45, 7) is 0.297. The molecule has 0 radical (unpaired) electrons. The van der Waals surface area contributed by atoms with Gasteiger partial charge in [0.05, 0.1) is 12.7 Å². The lowest BCUT2D eigenvalue weighted by Gasteiger charge is -2.11. The van der Waals surface area contributed by atoms with Gasteiger partial charge in [0.25, 0.3) is 0 Å². The second-order valence-electron chi connectivity index (χ2n) is 4.08. The van der Waals surface area contributed by atoms with Gasteiger partial charge in [-0.3, -0.25) is 0 Å². The minimum absolute atomic E-state index is 0.198. The smallest absolute Gasteiger partial charge is 0.335 e. The van der Waals surface area contributed by atoms with Crippen molar-refractivity contribution in [3.63, 3.8) is 0 Å². The monoisotopic (exact) mass is 336 g/mol. The molecule has 0 atom stereocenters. The van der Waals surface area contributed by atoms with E-state index in [0.717, 1.165) is 15.8 Å². The summed E-state index contributed by atoms with van der Waals surface area (Å²) in [6.07, 6.45) is 0. The van der Waals surface area contributed by atoms with Crippen molar-refractivity contribution in [2.45, 2.75) is 6.61 Å². The summed E-state index contributed by atoms with van der Waals surface area (Å²) in [5, 5.41) is 8.93. The Morgan fingerprint density at radius 2 is 2.05 bits per heavy atom. The Hall–Kier alpha value is -2.01. The molecule has 0 aromatic heterocycles. The van der Waals surface area contributed by atoms with E-state index >= 15 is 0 Å². The highest BCUT2D eigenvalue weighted by molar-refractivity contribution is 9.10. The van der Waals surface area contributed by atoms with Crippen LogP contribution in [0.5, 0.6) is 11.5 Å². The molecule has 0 amide bonds. The second kappa shape index (κ2) is 6.43. The molecule has 0 saturated heterocycles. The summed E-state index contributed by atoms with van der Waals surface area (Å²) >= 11 is 3.39. The number of halogens is 1. The molecular weight excluding hydrogens is 324 g/mol. The zero-order valence-electron chi connectivity index (χ0n) is 10.8. The Bertz CT molecular complexity index is 625. The van der Waals surface area contributed by atoms with Crippen LogP contribution < -0.4 is 9.47 Å². The molecule has 1 N–H and O–H groups in total. The summed E-state index contributed by atoms with van der Waals surface area (Å²) in [5.74, 6) is 0.255. The van der Waals surface area contributed by atoms with Crippen LogP contribution in [-0.2, 0) is 6.61 Å². The van der Waals surface area contributed by atoms with Gasteiger partial charge in [0.15, 0.2) is 0 Å². The number of ether oxygens (including phenoxy) is 2. The molecular formula is C15H13BrO4. The third kappa shape index (κ3) is 3.51. The van der Waals surface area contributed by atoms with E-state index in [4.69, 9.17) is 14.6 Å². The fourth-order valence-corrected chi connectivity index (χ4v) is 2.15. The van der Waals surface area contributed by atoms with Crippen LogP contribution in [0.4, 0.5) is 0 Å². The molecule has 0 aliphatic rings. The van der Waals surface area contributed by atoms with Gasteiger partial charge in [-0.15, -0.1) is 0 Å². The van der Waals surface area contributed by atoms with Crippen LogP contribution in [0.25, 0.3) is 0 Å². The molecule has 4 nitrogen and oxygen atoms in total. The van der Waals surface area contributed by atoms with Gasteiger partial charge in [-0.1, -0.05) is 22.0 Å². The molecule has 104 valence electrons. The molecule has 0 unspecified atom stereocenters. The Morgan fingerprint density at radius 1 is 1.25 bits per heavy atom. The van der Waals surface area contributed by atoms with Crippen LogP contribution in [0.2, 0.25) is 0 Å². The number of benzene rings is 2. The van der Waals surface area contributed by atoms with Crippen LogP contribution in [-0.4, -0.2) is 18.2 Å². The van der Waals surface area contributed by atoms with Gasteiger partial charge in [0.1, 0.15) is 18.1 Å². The third-order valence-electron chi connectivity index (χ3n) is 2.72. The molecule has 20 heavy (non-hydrogen) atoms. The lowest BCUT2D eigenvalue weighted by atomic mass is 10.2. The van der Waals surface area contributed by atoms with Crippen LogP contribution in [0, 0.1) is 0 Å². The lowest BCUT2D eigenvalue weighted by Crippen LogP contribution is -2.01. The van der Waals surface area contributed by atoms with Gasteiger partial charge < -0.3 is 14.6 Å². The standard InChI is InChI=1S/C15H13BrO4/c1-19-14-6-5-12(16)7-11(14)9-20-13-4-2-3-10(8-13)15(17)18/h2-8H,9H2,1H3,(H,17,18). The quantitative estimate of drug-likeness (QED) is 0.903. The maximum Gasteiger partial charge on any atom is 0.335 e. The number of rotatable bonds is 5. The third-order valence-corrected chi connectivity index (χ3v) is 3.21. The van der Waals surface area contributed by atoms with Crippen molar-refractivity contribution < 1.29 is 19.4 Å². The van der Waals surface area contributed by atoms with Crippen molar-refractivity contribution in [2.75, 3.05) is 7.11 Å².